The number of aromatic nitrogens is 2. The lowest BCUT2D eigenvalue weighted by molar-refractivity contribution is 0.168. The smallest absolute Gasteiger partial charge is 0.324 e. The van der Waals surface area contributed by atoms with Crippen molar-refractivity contribution in [3.63, 3.8) is 0 Å². The summed E-state index contributed by atoms with van der Waals surface area (Å²) in [6, 6.07) is 14.2. The van der Waals surface area contributed by atoms with E-state index in [2.05, 4.69) is 15.0 Å². The van der Waals surface area contributed by atoms with Crippen molar-refractivity contribution in [3.8, 4) is 22.9 Å². The minimum atomic E-state index is -0.264. The topological polar surface area (TPSA) is 60.6 Å². The van der Waals surface area contributed by atoms with Crippen LogP contribution in [0.2, 0.25) is 0 Å². The lowest BCUT2D eigenvalue weighted by Crippen LogP contribution is -2.38. The fraction of sp³-hybridized carbons (Fsp3) is 0.300. The quantitative estimate of drug-likeness (QED) is 0.679. The summed E-state index contributed by atoms with van der Waals surface area (Å²) in [4.78, 5) is 6.57. The van der Waals surface area contributed by atoms with Gasteiger partial charge in [0.1, 0.15) is 23.4 Å². The van der Waals surface area contributed by atoms with Crippen molar-refractivity contribution >= 4 is 6.01 Å². The fourth-order valence-corrected chi connectivity index (χ4v) is 3.09. The molecule has 3 aromatic rings. The standard InChI is InChI=1S/C20H20FN3O3/c1-25-18-4-2-3-14(13-18)19-22-20(27-23-19)24-11-9-17(10-12-24)26-16-7-5-15(21)6-8-16/h2-8,13,17H,9-12H2,1H3. The first kappa shape index (κ1) is 17.3. The van der Waals surface area contributed by atoms with Crippen molar-refractivity contribution in [2.45, 2.75) is 18.9 Å². The third kappa shape index (κ3) is 4.02. The summed E-state index contributed by atoms with van der Waals surface area (Å²) in [5.74, 6) is 1.71. The van der Waals surface area contributed by atoms with E-state index in [1.54, 1.807) is 19.2 Å². The van der Waals surface area contributed by atoms with Crippen LogP contribution in [0.5, 0.6) is 11.5 Å². The van der Waals surface area contributed by atoms with Crippen LogP contribution in [-0.4, -0.2) is 36.4 Å². The maximum absolute atomic E-state index is 13.0. The summed E-state index contributed by atoms with van der Waals surface area (Å²) in [5.41, 5.74) is 0.846. The van der Waals surface area contributed by atoms with Gasteiger partial charge in [-0.05, 0) is 36.4 Å². The van der Waals surface area contributed by atoms with Gasteiger partial charge < -0.3 is 18.9 Å². The Bertz CT molecular complexity index is 889. The highest BCUT2D eigenvalue weighted by Gasteiger charge is 2.24. The molecule has 7 heteroatoms. The molecule has 0 saturated carbocycles. The Kier molecular flexibility index (Phi) is 4.91. The largest absolute Gasteiger partial charge is 0.497 e. The molecule has 1 fully saturated rings. The second kappa shape index (κ2) is 7.65. The van der Waals surface area contributed by atoms with Crippen LogP contribution in [0.1, 0.15) is 12.8 Å². The van der Waals surface area contributed by atoms with Crippen molar-refractivity contribution in [2.75, 3.05) is 25.1 Å². The van der Waals surface area contributed by atoms with E-state index in [4.69, 9.17) is 14.0 Å². The van der Waals surface area contributed by atoms with Gasteiger partial charge in [0.15, 0.2) is 0 Å². The molecule has 1 aliphatic rings. The highest BCUT2D eigenvalue weighted by atomic mass is 19.1. The molecule has 1 aromatic heterocycles. The van der Waals surface area contributed by atoms with E-state index in [-0.39, 0.29) is 11.9 Å². The first-order valence-corrected chi connectivity index (χ1v) is 8.86. The van der Waals surface area contributed by atoms with Crippen LogP contribution in [-0.2, 0) is 0 Å². The van der Waals surface area contributed by atoms with Crippen LogP contribution >= 0.6 is 0 Å². The summed E-state index contributed by atoms with van der Waals surface area (Å²) < 4.78 is 29.6. The maximum atomic E-state index is 13.0. The van der Waals surface area contributed by atoms with Gasteiger partial charge in [-0.2, -0.15) is 4.98 Å². The Hall–Kier alpha value is -3.09. The number of hydrogen-bond acceptors (Lipinski definition) is 6. The Balaban J connectivity index is 1.37. The molecular weight excluding hydrogens is 349 g/mol. The lowest BCUT2D eigenvalue weighted by Gasteiger charge is -2.30. The molecule has 0 unspecified atom stereocenters. The number of anilines is 1. The summed E-state index contributed by atoms with van der Waals surface area (Å²) in [6.45, 7) is 1.51. The van der Waals surface area contributed by atoms with E-state index >= 15 is 0 Å². The highest BCUT2D eigenvalue weighted by molar-refractivity contribution is 5.58. The minimum absolute atomic E-state index is 0.0903. The Morgan fingerprint density at radius 2 is 1.85 bits per heavy atom. The fourth-order valence-electron chi connectivity index (χ4n) is 3.09. The lowest BCUT2D eigenvalue weighted by atomic mass is 10.1. The van der Waals surface area contributed by atoms with Gasteiger partial charge in [0, 0.05) is 31.5 Å². The molecule has 2 heterocycles. The number of rotatable bonds is 5. The molecule has 1 aliphatic heterocycles. The minimum Gasteiger partial charge on any atom is -0.497 e. The van der Waals surface area contributed by atoms with Crippen molar-refractivity contribution in [1.82, 2.24) is 10.1 Å². The molecule has 1 saturated heterocycles. The van der Waals surface area contributed by atoms with E-state index in [1.807, 2.05) is 24.3 Å². The normalized spacial score (nSPS) is 15.0. The number of benzene rings is 2. The Labute approximate surface area is 156 Å². The molecule has 2 aromatic carbocycles. The van der Waals surface area contributed by atoms with Gasteiger partial charge in [-0.1, -0.05) is 17.3 Å². The van der Waals surface area contributed by atoms with Gasteiger partial charge in [0.05, 0.1) is 7.11 Å². The third-order valence-corrected chi connectivity index (χ3v) is 4.57. The third-order valence-electron chi connectivity index (χ3n) is 4.57. The second-order valence-corrected chi connectivity index (χ2v) is 6.39. The van der Waals surface area contributed by atoms with E-state index in [0.717, 1.165) is 37.2 Å². The summed E-state index contributed by atoms with van der Waals surface area (Å²) in [6.07, 6.45) is 1.75. The molecule has 140 valence electrons. The van der Waals surface area contributed by atoms with Crippen LogP contribution in [0.3, 0.4) is 0 Å². The van der Waals surface area contributed by atoms with Crippen molar-refractivity contribution in [3.05, 3.63) is 54.3 Å². The zero-order valence-electron chi connectivity index (χ0n) is 15.0. The molecule has 27 heavy (non-hydrogen) atoms. The average molecular weight is 369 g/mol. The first-order valence-electron chi connectivity index (χ1n) is 8.86. The molecule has 0 aliphatic carbocycles. The van der Waals surface area contributed by atoms with Gasteiger partial charge in [0.25, 0.3) is 0 Å². The summed E-state index contributed by atoms with van der Waals surface area (Å²) in [7, 11) is 1.62. The van der Waals surface area contributed by atoms with Gasteiger partial charge in [0.2, 0.25) is 5.82 Å². The van der Waals surface area contributed by atoms with Crippen molar-refractivity contribution < 1.29 is 18.4 Å². The van der Waals surface area contributed by atoms with E-state index in [9.17, 15) is 4.39 Å². The van der Waals surface area contributed by atoms with Gasteiger partial charge >= 0.3 is 6.01 Å². The number of halogens is 1. The second-order valence-electron chi connectivity index (χ2n) is 6.39. The molecule has 0 atom stereocenters. The predicted octanol–water partition coefficient (Wildman–Crippen LogP) is 3.93. The number of hydrogen-bond donors (Lipinski definition) is 0. The molecule has 0 N–H and O–H groups in total. The molecule has 0 bridgehead atoms. The molecular formula is C20H20FN3O3. The Morgan fingerprint density at radius 1 is 1.07 bits per heavy atom. The van der Waals surface area contributed by atoms with E-state index < -0.39 is 0 Å². The van der Waals surface area contributed by atoms with E-state index in [0.29, 0.717) is 17.6 Å². The number of ether oxygens (including phenoxy) is 2. The molecule has 6 nitrogen and oxygen atoms in total. The van der Waals surface area contributed by atoms with Crippen molar-refractivity contribution in [2.24, 2.45) is 0 Å². The zero-order valence-corrected chi connectivity index (χ0v) is 15.0. The van der Waals surface area contributed by atoms with E-state index in [1.165, 1.54) is 12.1 Å². The Morgan fingerprint density at radius 3 is 2.59 bits per heavy atom. The molecule has 0 spiro atoms. The zero-order chi connectivity index (χ0) is 18.6. The highest BCUT2D eigenvalue weighted by Crippen LogP contribution is 2.26. The molecule has 0 amide bonds. The van der Waals surface area contributed by atoms with Crippen molar-refractivity contribution in [1.29, 1.82) is 0 Å². The monoisotopic (exact) mass is 369 g/mol. The van der Waals surface area contributed by atoms with Gasteiger partial charge in [-0.25, -0.2) is 4.39 Å². The summed E-state index contributed by atoms with van der Waals surface area (Å²) in [5, 5.41) is 4.08. The molecule has 0 radical (unpaired) electrons. The predicted molar refractivity (Wildman–Crippen MR) is 98.5 cm³/mol. The van der Waals surface area contributed by atoms with Crippen LogP contribution < -0.4 is 14.4 Å². The van der Waals surface area contributed by atoms with Crippen LogP contribution in [0.4, 0.5) is 10.4 Å². The number of nitrogens with zero attached hydrogens (tertiary/aromatic N) is 3. The van der Waals surface area contributed by atoms with Crippen LogP contribution in [0.25, 0.3) is 11.4 Å². The summed E-state index contributed by atoms with van der Waals surface area (Å²) >= 11 is 0. The number of methoxy groups -OCH3 is 1. The van der Waals surface area contributed by atoms with Gasteiger partial charge in [-0.3, -0.25) is 0 Å². The maximum Gasteiger partial charge on any atom is 0.324 e. The first-order chi connectivity index (χ1) is 13.2. The average Bonchev–Trinajstić information content (AvgIpc) is 3.21. The van der Waals surface area contributed by atoms with Crippen LogP contribution in [0.15, 0.2) is 53.1 Å². The SMILES string of the molecule is COc1cccc(-c2noc(N3CCC(Oc4ccc(F)cc4)CC3)n2)c1. The van der Waals surface area contributed by atoms with Gasteiger partial charge in [-0.15, -0.1) is 0 Å². The molecule has 4 rings (SSSR count). The number of piperidine rings is 1. The van der Waals surface area contributed by atoms with Crippen LogP contribution in [0, 0.1) is 5.82 Å².